The number of aromatic nitrogens is 2. The van der Waals surface area contributed by atoms with E-state index < -0.39 is 0 Å². The molecule has 4 heteroatoms. The van der Waals surface area contributed by atoms with Crippen molar-refractivity contribution in [3.63, 3.8) is 0 Å². The minimum Gasteiger partial charge on any atom is -0.268 e. The van der Waals surface area contributed by atoms with Gasteiger partial charge >= 0.3 is 0 Å². The minimum atomic E-state index is -0.247. The average molecular weight is 243 g/mol. The molecule has 0 N–H and O–H groups in total. The summed E-state index contributed by atoms with van der Waals surface area (Å²) in [7, 11) is 1.85. The Morgan fingerprint density at radius 2 is 2.15 bits per heavy atom. The van der Waals surface area contributed by atoms with Gasteiger partial charge in [-0.1, -0.05) is 0 Å². The number of hydrogen-bond donors (Lipinski definition) is 0. The van der Waals surface area contributed by atoms with Gasteiger partial charge in [-0.25, -0.2) is 4.39 Å². The van der Waals surface area contributed by atoms with Crippen LogP contribution in [0.1, 0.15) is 5.69 Å². The fraction of sp³-hybridized carbons (Fsp3) is 0.222. The topological polar surface area (TPSA) is 17.8 Å². The van der Waals surface area contributed by atoms with Crippen LogP contribution < -0.4 is 0 Å². The first-order valence-electron chi connectivity index (χ1n) is 3.88. The molecule has 0 spiro atoms. The van der Waals surface area contributed by atoms with Crippen LogP contribution in [-0.2, 0) is 7.05 Å². The molecule has 1 heterocycles. The van der Waals surface area contributed by atoms with Gasteiger partial charge < -0.3 is 0 Å². The van der Waals surface area contributed by atoms with Gasteiger partial charge in [-0.15, -0.1) is 0 Å². The molecule has 0 saturated carbocycles. The first-order valence-corrected chi connectivity index (χ1v) is 4.67. The standard InChI is InChI=1S/C9H8BrFN2/c1-5-6-3-8(11)7(10)4-9(6)13(2)12-5/h3-4H,1-2H3. The number of rotatable bonds is 0. The number of nitrogens with zero attached hydrogens (tertiary/aromatic N) is 2. The number of aryl methyl sites for hydroxylation is 2. The Morgan fingerprint density at radius 3 is 2.85 bits per heavy atom. The lowest BCUT2D eigenvalue weighted by Gasteiger charge is -1.96. The van der Waals surface area contributed by atoms with E-state index in [4.69, 9.17) is 0 Å². The van der Waals surface area contributed by atoms with Crippen molar-refractivity contribution >= 4 is 26.8 Å². The first-order chi connectivity index (χ1) is 6.09. The number of fused-ring (bicyclic) bond motifs is 1. The zero-order valence-corrected chi connectivity index (χ0v) is 8.89. The Hall–Kier alpha value is -0.900. The van der Waals surface area contributed by atoms with Gasteiger partial charge in [0.1, 0.15) is 5.82 Å². The van der Waals surface area contributed by atoms with Crippen LogP contribution in [0.5, 0.6) is 0 Å². The maximum atomic E-state index is 13.2. The molecule has 0 aliphatic rings. The highest BCUT2D eigenvalue weighted by atomic mass is 79.9. The predicted octanol–water partition coefficient (Wildman–Crippen LogP) is 2.78. The van der Waals surface area contributed by atoms with Crippen LogP contribution >= 0.6 is 15.9 Å². The third-order valence-electron chi connectivity index (χ3n) is 2.08. The summed E-state index contributed by atoms with van der Waals surface area (Å²) in [6, 6.07) is 3.24. The smallest absolute Gasteiger partial charge is 0.138 e. The van der Waals surface area contributed by atoms with E-state index in [2.05, 4.69) is 21.0 Å². The quantitative estimate of drug-likeness (QED) is 0.695. The van der Waals surface area contributed by atoms with Crippen molar-refractivity contribution in [1.82, 2.24) is 9.78 Å². The largest absolute Gasteiger partial charge is 0.268 e. The van der Waals surface area contributed by atoms with Gasteiger partial charge in [0.15, 0.2) is 0 Å². The van der Waals surface area contributed by atoms with Gasteiger partial charge in [0.05, 0.1) is 15.7 Å². The summed E-state index contributed by atoms with van der Waals surface area (Å²) < 4.78 is 15.4. The highest BCUT2D eigenvalue weighted by Gasteiger charge is 2.08. The summed E-state index contributed by atoms with van der Waals surface area (Å²) in [4.78, 5) is 0. The van der Waals surface area contributed by atoms with E-state index in [1.165, 1.54) is 6.07 Å². The molecule has 1 aromatic heterocycles. The van der Waals surface area contributed by atoms with Crippen LogP contribution in [0, 0.1) is 12.7 Å². The monoisotopic (exact) mass is 242 g/mol. The van der Waals surface area contributed by atoms with Gasteiger partial charge in [-0.05, 0) is 35.0 Å². The molecule has 2 aromatic rings. The summed E-state index contributed by atoms with van der Waals surface area (Å²) in [5, 5.41) is 5.07. The third kappa shape index (κ3) is 1.25. The van der Waals surface area contributed by atoms with Crippen molar-refractivity contribution < 1.29 is 4.39 Å². The number of hydrogen-bond acceptors (Lipinski definition) is 1. The lowest BCUT2D eigenvalue weighted by atomic mass is 10.2. The molecule has 0 saturated heterocycles. The summed E-state index contributed by atoms with van der Waals surface area (Å²) in [6.07, 6.45) is 0. The summed E-state index contributed by atoms with van der Waals surface area (Å²) in [5.74, 6) is -0.247. The molecule has 0 aliphatic heterocycles. The fourth-order valence-electron chi connectivity index (χ4n) is 1.43. The Kier molecular flexibility index (Phi) is 1.87. The zero-order chi connectivity index (χ0) is 9.59. The molecule has 0 radical (unpaired) electrons. The molecule has 0 bridgehead atoms. The molecule has 68 valence electrons. The van der Waals surface area contributed by atoms with Gasteiger partial charge in [0.2, 0.25) is 0 Å². The predicted molar refractivity (Wildman–Crippen MR) is 53.1 cm³/mol. The summed E-state index contributed by atoms with van der Waals surface area (Å²) in [6.45, 7) is 1.87. The van der Waals surface area contributed by atoms with Crippen molar-refractivity contribution in [2.24, 2.45) is 7.05 Å². The van der Waals surface area contributed by atoms with Crippen molar-refractivity contribution in [1.29, 1.82) is 0 Å². The molecular weight excluding hydrogens is 235 g/mol. The first kappa shape index (κ1) is 8.69. The molecule has 2 rings (SSSR count). The summed E-state index contributed by atoms with van der Waals surface area (Å²) >= 11 is 3.14. The lowest BCUT2D eigenvalue weighted by molar-refractivity contribution is 0.623. The normalized spacial score (nSPS) is 11.1. The second-order valence-corrected chi connectivity index (χ2v) is 3.85. The highest BCUT2D eigenvalue weighted by Crippen LogP contribution is 2.24. The van der Waals surface area contributed by atoms with E-state index in [0.717, 1.165) is 16.6 Å². The van der Waals surface area contributed by atoms with Crippen LogP contribution in [0.2, 0.25) is 0 Å². The van der Waals surface area contributed by atoms with Crippen LogP contribution in [0.4, 0.5) is 4.39 Å². The number of halogens is 2. The third-order valence-corrected chi connectivity index (χ3v) is 2.68. The van der Waals surface area contributed by atoms with E-state index in [0.29, 0.717) is 4.47 Å². The molecular formula is C9H8BrFN2. The van der Waals surface area contributed by atoms with E-state index >= 15 is 0 Å². The fourth-order valence-corrected chi connectivity index (χ4v) is 1.76. The van der Waals surface area contributed by atoms with Gasteiger partial charge in [-0.3, -0.25) is 4.68 Å². The molecule has 0 fully saturated rings. The molecule has 0 atom stereocenters. The van der Waals surface area contributed by atoms with Crippen molar-refractivity contribution in [2.45, 2.75) is 6.92 Å². The van der Waals surface area contributed by atoms with Crippen LogP contribution in [0.15, 0.2) is 16.6 Å². The van der Waals surface area contributed by atoms with Crippen molar-refractivity contribution in [2.75, 3.05) is 0 Å². The Balaban J connectivity index is 2.91. The minimum absolute atomic E-state index is 0.247. The van der Waals surface area contributed by atoms with Crippen LogP contribution in [0.3, 0.4) is 0 Å². The highest BCUT2D eigenvalue weighted by molar-refractivity contribution is 9.10. The maximum Gasteiger partial charge on any atom is 0.138 e. The molecule has 2 nitrogen and oxygen atoms in total. The maximum absolute atomic E-state index is 13.2. The van der Waals surface area contributed by atoms with E-state index in [1.807, 2.05) is 14.0 Å². The average Bonchev–Trinajstić information content (AvgIpc) is 2.31. The Labute approximate surface area is 83.5 Å². The molecule has 0 aliphatic carbocycles. The molecule has 13 heavy (non-hydrogen) atoms. The zero-order valence-electron chi connectivity index (χ0n) is 7.31. The van der Waals surface area contributed by atoms with Crippen molar-refractivity contribution in [3.05, 3.63) is 28.1 Å². The van der Waals surface area contributed by atoms with Crippen LogP contribution in [0.25, 0.3) is 10.9 Å². The van der Waals surface area contributed by atoms with Gasteiger partial charge in [0, 0.05) is 12.4 Å². The Bertz CT molecular complexity index is 434. The summed E-state index contributed by atoms with van der Waals surface area (Å²) in [5.41, 5.74) is 1.79. The van der Waals surface area contributed by atoms with E-state index in [-0.39, 0.29) is 5.82 Å². The second-order valence-electron chi connectivity index (χ2n) is 2.99. The second kappa shape index (κ2) is 2.80. The van der Waals surface area contributed by atoms with E-state index in [9.17, 15) is 4.39 Å². The number of benzene rings is 1. The van der Waals surface area contributed by atoms with E-state index in [1.54, 1.807) is 10.7 Å². The van der Waals surface area contributed by atoms with Crippen molar-refractivity contribution in [3.8, 4) is 0 Å². The molecule has 1 aromatic carbocycles. The molecule has 0 amide bonds. The SMILES string of the molecule is Cc1nn(C)c2cc(Br)c(F)cc12. The molecule has 0 unspecified atom stereocenters. The Morgan fingerprint density at radius 1 is 1.46 bits per heavy atom. The van der Waals surface area contributed by atoms with Gasteiger partial charge in [-0.2, -0.15) is 5.10 Å². The van der Waals surface area contributed by atoms with Gasteiger partial charge in [0.25, 0.3) is 0 Å². The van der Waals surface area contributed by atoms with Crippen LogP contribution in [-0.4, -0.2) is 9.78 Å². The lowest BCUT2D eigenvalue weighted by Crippen LogP contribution is -1.89.